The Kier molecular flexibility index (Phi) is 7.23. The van der Waals surface area contributed by atoms with Gasteiger partial charge in [-0.2, -0.15) is 4.98 Å². The summed E-state index contributed by atoms with van der Waals surface area (Å²) in [7, 11) is 0. The van der Waals surface area contributed by atoms with E-state index in [1.54, 1.807) is 6.20 Å². The first-order valence-electron chi connectivity index (χ1n) is 11.9. The second-order valence-corrected chi connectivity index (χ2v) is 8.86. The molecule has 9 heteroatoms. The average molecular weight is 463 g/mol. The molecule has 1 amide bonds. The number of carbonyl (C=O) groups is 1. The highest BCUT2D eigenvalue weighted by Gasteiger charge is 2.26. The zero-order chi connectivity index (χ0) is 23.2. The van der Waals surface area contributed by atoms with Crippen molar-refractivity contribution in [2.75, 3.05) is 51.3 Å². The van der Waals surface area contributed by atoms with E-state index in [0.717, 1.165) is 64.5 Å². The predicted octanol–water partition coefficient (Wildman–Crippen LogP) is 2.78. The van der Waals surface area contributed by atoms with Crippen molar-refractivity contribution in [1.29, 1.82) is 0 Å². The fourth-order valence-electron chi connectivity index (χ4n) is 4.45. The van der Waals surface area contributed by atoms with Gasteiger partial charge < -0.3 is 14.6 Å². The summed E-state index contributed by atoms with van der Waals surface area (Å²) in [4.78, 5) is 25.9. The third-order valence-electron chi connectivity index (χ3n) is 6.39. The molecule has 0 bridgehead atoms. The Balaban J connectivity index is 1.06. The van der Waals surface area contributed by atoms with Crippen LogP contribution in [0.1, 0.15) is 30.2 Å². The summed E-state index contributed by atoms with van der Waals surface area (Å²) in [5, 5.41) is 7.10. The summed E-state index contributed by atoms with van der Waals surface area (Å²) < 4.78 is 10.9. The molecule has 4 heterocycles. The number of carbonyl (C=O) groups excluding carboxylic acids is 1. The van der Waals surface area contributed by atoms with Crippen LogP contribution in [0.3, 0.4) is 0 Å². The molecule has 2 aromatic heterocycles. The molecule has 3 aromatic rings. The molecule has 0 radical (unpaired) electrons. The Bertz CT molecular complexity index is 1060. The zero-order valence-electron chi connectivity index (χ0n) is 19.2. The van der Waals surface area contributed by atoms with Crippen LogP contribution in [-0.2, 0) is 16.1 Å². The van der Waals surface area contributed by atoms with E-state index in [4.69, 9.17) is 9.26 Å². The number of aromatic nitrogens is 3. The fourth-order valence-corrected chi connectivity index (χ4v) is 4.45. The van der Waals surface area contributed by atoms with Crippen LogP contribution in [-0.4, -0.2) is 76.8 Å². The summed E-state index contributed by atoms with van der Waals surface area (Å²) in [5.74, 6) is 1.40. The van der Waals surface area contributed by atoms with Crippen LogP contribution in [0, 0.1) is 0 Å². The third-order valence-corrected chi connectivity index (χ3v) is 6.39. The molecule has 2 aliphatic heterocycles. The molecule has 0 unspecified atom stereocenters. The minimum Gasteiger partial charge on any atom is -0.379 e. The smallest absolute Gasteiger partial charge is 0.238 e. The van der Waals surface area contributed by atoms with Crippen molar-refractivity contribution in [2.45, 2.75) is 25.3 Å². The molecule has 2 fully saturated rings. The van der Waals surface area contributed by atoms with Gasteiger partial charge in [0.1, 0.15) is 5.69 Å². The van der Waals surface area contributed by atoms with E-state index in [0.29, 0.717) is 24.0 Å². The summed E-state index contributed by atoms with van der Waals surface area (Å²) in [6.07, 6.45) is 3.48. The molecule has 2 aliphatic rings. The SMILES string of the molecule is O=C(CN1CCC(c2nc(-c3ccccn3)no2)CC1)Nc1ccc(CN2CCOCC2)cc1. The summed E-state index contributed by atoms with van der Waals surface area (Å²) in [5.41, 5.74) is 2.79. The molecular weight excluding hydrogens is 432 g/mol. The molecule has 9 nitrogen and oxygen atoms in total. The highest BCUT2D eigenvalue weighted by Crippen LogP contribution is 2.28. The summed E-state index contributed by atoms with van der Waals surface area (Å²) >= 11 is 0. The van der Waals surface area contributed by atoms with Crippen molar-refractivity contribution >= 4 is 11.6 Å². The summed E-state index contributed by atoms with van der Waals surface area (Å²) in [6.45, 7) is 6.45. The fraction of sp³-hybridized carbons (Fsp3) is 0.440. The number of amides is 1. The van der Waals surface area contributed by atoms with E-state index in [9.17, 15) is 4.79 Å². The molecule has 1 N–H and O–H groups in total. The predicted molar refractivity (Wildman–Crippen MR) is 127 cm³/mol. The van der Waals surface area contributed by atoms with Crippen LogP contribution in [0.15, 0.2) is 53.2 Å². The number of benzene rings is 1. The van der Waals surface area contributed by atoms with E-state index >= 15 is 0 Å². The number of rotatable bonds is 7. The Hall–Kier alpha value is -3.14. The number of piperidine rings is 1. The van der Waals surface area contributed by atoms with E-state index < -0.39 is 0 Å². The number of hydrogen-bond donors (Lipinski definition) is 1. The Labute approximate surface area is 199 Å². The second kappa shape index (κ2) is 10.9. The molecular formula is C25H30N6O3. The Morgan fingerprint density at radius 1 is 1.00 bits per heavy atom. The number of anilines is 1. The highest BCUT2D eigenvalue weighted by atomic mass is 16.5. The lowest BCUT2D eigenvalue weighted by atomic mass is 9.97. The van der Waals surface area contributed by atoms with Crippen molar-refractivity contribution in [1.82, 2.24) is 24.9 Å². The molecule has 0 spiro atoms. The minimum absolute atomic E-state index is 0.00890. The van der Waals surface area contributed by atoms with Gasteiger partial charge in [-0.15, -0.1) is 0 Å². The monoisotopic (exact) mass is 462 g/mol. The normalized spacial score (nSPS) is 18.1. The lowest BCUT2D eigenvalue weighted by Gasteiger charge is -2.29. The van der Waals surface area contributed by atoms with Crippen molar-refractivity contribution in [3.05, 3.63) is 60.1 Å². The average Bonchev–Trinajstić information content (AvgIpc) is 3.37. The van der Waals surface area contributed by atoms with Gasteiger partial charge in [0.25, 0.3) is 0 Å². The second-order valence-electron chi connectivity index (χ2n) is 8.86. The van der Waals surface area contributed by atoms with Gasteiger partial charge >= 0.3 is 0 Å². The van der Waals surface area contributed by atoms with Crippen molar-refractivity contribution in [3.63, 3.8) is 0 Å². The first-order valence-corrected chi connectivity index (χ1v) is 11.9. The van der Waals surface area contributed by atoms with Gasteiger partial charge in [0.2, 0.25) is 17.6 Å². The molecule has 0 saturated carbocycles. The number of nitrogens with zero attached hydrogens (tertiary/aromatic N) is 5. The molecule has 178 valence electrons. The number of pyridine rings is 1. The van der Waals surface area contributed by atoms with Crippen molar-refractivity contribution < 1.29 is 14.1 Å². The lowest BCUT2D eigenvalue weighted by Crippen LogP contribution is -2.38. The van der Waals surface area contributed by atoms with Crippen molar-refractivity contribution in [3.8, 4) is 11.5 Å². The van der Waals surface area contributed by atoms with E-state index in [-0.39, 0.29) is 11.8 Å². The maximum absolute atomic E-state index is 12.6. The maximum Gasteiger partial charge on any atom is 0.238 e. The van der Waals surface area contributed by atoms with Gasteiger partial charge in [-0.3, -0.25) is 19.6 Å². The van der Waals surface area contributed by atoms with Crippen LogP contribution in [0.5, 0.6) is 0 Å². The van der Waals surface area contributed by atoms with Gasteiger partial charge in [0, 0.05) is 37.4 Å². The Morgan fingerprint density at radius 2 is 1.79 bits per heavy atom. The quantitative estimate of drug-likeness (QED) is 0.573. The van der Waals surface area contributed by atoms with E-state index in [2.05, 4.69) is 42.4 Å². The molecule has 34 heavy (non-hydrogen) atoms. The number of hydrogen-bond acceptors (Lipinski definition) is 8. The first-order chi connectivity index (χ1) is 16.7. The maximum atomic E-state index is 12.6. The van der Waals surface area contributed by atoms with Gasteiger partial charge in [0.05, 0.1) is 19.8 Å². The lowest BCUT2D eigenvalue weighted by molar-refractivity contribution is -0.117. The molecule has 0 aliphatic carbocycles. The molecule has 0 atom stereocenters. The first kappa shape index (κ1) is 22.6. The number of morpholine rings is 1. The zero-order valence-corrected chi connectivity index (χ0v) is 19.2. The summed E-state index contributed by atoms with van der Waals surface area (Å²) in [6, 6.07) is 13.8. The van der Waals surface area contributed by atoms with Gasteiger partial charge in [-0.1, -0.05) is 23.4 Å². The molecule has 2 saturated heterocycles. The van der Waals surface area contributed by atoms with Gasteiger partial charge in [-0.25, -0.2) is 0 Å². The minimum atomic E-state index is 0.00890. The van der Waals surface area contributed by atoms with Crippen LogP contribution >= 0.6 is 0 Å². The largest absolute Gasteiger partial charge is 0.379 e. The number of ether oxygens (including phenoxy) is 1. The van der Waals surface area contributed by atoms with E-state index in [1.807, 2.05) is 30.3 Å². The topological polar surface area (TPSA) is 96.6 Å². The van der Waals surface area contributed by atoms with Crippen LogP contribution in [0.4, 0.5) is 5.69 Å². The van der Waals surface area contributed by atoms with Crippen LogP contribution < -0.4 is 5.32 Å². The Morgan fingerprint density at radius 3 is 2.53 bits per heavy atom. The van der Waals surface area contributed by atoms with Crippen molar-refractivity contribution in [2.24, 2.45) is 0 Å². The van der Waals surface area contributed by atoms with Gasteiger partial charge in [0.15, 0.2) is 0 Å². The molecule has 5 rings (SSSR count). The highest BCUT2D eigenvalue weighted by molar-refractivity contribution is 5.92. The van der Waals surface area contributed by atoms with Gasteiger partial charge in [-0.05, 0) is 55.8 Å². The van der Waals surface area contributed by atoms with Crippen LogP contribution in [0.25, 0.3) is 11.5 Å². The van der Waals surface area contributed by atoms with Crippen LogP contribution in [0.2, 0.25) is 0 Å². The van der Waals surface area contributed by atoms with E-state index in [1.165, 1.54) is 5.56 Å². The number of nitrogens with one attached hydrogen (secondary N) is 1. The number of likely N-dealkylation sites (tertiary alicyclic amines) is 1. The third kappa shape index (κ3) is 5.85. The molecule has 1 aromatic carbocycles. The standard InChI is InChI=1S/C25H30N6O3/c32-23(27-21-6-4-19(5-7-21)17-31-13-15-33-16-14-31)18-30-11-8-20(9-12-30)25-28-24(29-34-25)22-3-1-2-10-26-22/h1-7,10,20H,8-9,11-18H2,(H,27,32).